The molecule has 0 saturated carbocycles. The van der Waals surface area contributed by atoms with E-state index in [0.717, 1.165) is 42.4 Å². The fraction of sp³-hybridized carbons (Fsp3) is 0.476. The number of nitrogens with zero attached hydrogens (tertiary/aromatic N) is 1. The Labute approximate surface area is 169 Å². The van der Waals surface area contributed by atoms with E-state index in [1.165, 1.54) is 10.9 Å². The monoisotopic (exact) mass is 413 g/mol. The predicted octanol–water partition coefficient (Wildman–Crippen LogP) is 5.56. The Balaban J connectivity index is 0.000000537. The maximum atomic E-state index is 9.75. The summed E-state index contributed by atoms with van der Waals surface area (Å²) in [5, 5.41) is 1.21. The highest BCUT2D eigenvalue weighted by atomic mass is 19.5. The Kier molecular flexibility index (Phi) is 7.19. The third-order valence-corrected chi connectivity index (χ3v) is 4.88. The highest BCUT2D eigenvalue weighted by molar-refractivity contribution is 6.50. The van der Waals surface area contributed by atoms with Crippen molar-refractivity contribution in [3.05, 3.63) is 46.7 Å². The molecule has 0 aromatic carbocycles. The van der Waals surface area contributed by atoms with Gasteiger partial charge < -0.3 is 26.4 Å². The van der Waals surface area contributed by atoms with Crippen LogP contribution in [0.5, 0.6) is 0 Å². The fourth-order valence-corrected chi connectivity index (χ4v) is 3.56. The molecule has 0 atom stereocenters. The van der Waals surface area contributed by atoms with E-state index in [4.69, 9.17) is 9.15 Å². The van der Waals surface area contributed by atoms with Crippen molar-refractivity contribution in [2.45, 2.75) is 46.5 Å². The van der Waals surface area contributed by atoms with Crippen LogP contribution in [0.3, 0.4) is 0 Å². The second kappa shape index (κ2) is 9.05. The third-order valence-electron chi connectivity index (χ3n) is 4.88. The minimum absolute atomic E-state index is 0.0177. The van der Waals surface area contributed by atoms with Crippen molar-refractivity contribution in [2.24, 2.45) is 0 Å². The lowest BCUT2D eigenvalue weighted by molar-refractivity contribution is 0.203. The molecular formula is C21H28BF4NO2. The first kappa shape index (κ1) is 23.0. The van der Waals surface area contributed by atoms with Crippen LogP contribution < -0.4 is 9.93 Å². The SMILES string of the molecule is CCOC1=Cc2oc3cc(=[N+](CC)CC)ccc-3cc2C(C)(C)C1.F[B-](F)(F)F. The van der Waals surface area contributed by atoms with E-state index in [1.54, 1.807) is 0 Å². The summed E-state index contributed by atoms with van der Waals surface area (Å²) in [6.45, 7) is 13.6. The highest BCUT2D eigenvalue weighted by Gasteiger charge is 2.32. The van der Waals surface area contributed by atoms with Crippen LogP contribution in [0.15, 0.2) is 34.4 Å². The Morgan fingerprint density at radius 3 is 2.24 bits per heavy atom. The molecule has 0 radical (unpaired) electrons. The van der Waals surface area contributed by atoms with Gasteiger partial charge in [-0.15, -0.1) is 0 Å². The first-order chi connectivity index (χ1) is 13.5. The molecule has 1 aliphatic heterocycles. The molecule has 0 bridgehead atoms. The molecule has 3 rings (SSSR count). The Morgan fingerprint density at radius 2 is 1.69 bits per heavy atom. The van der Waals surface area contributed by atoms with Gasteiger partial charge in [-0.2, -0.15) is 0 Å². The Bertz CT molecular complexity index is 904. The summed E-state index contributed by atoms with van der Waals surface area (Å²) in [7, 11) is -6.00. The molecule has 0 spiro atoms. The van der Waals surface area contributed by atoms with Gasteiger partial charge in [0.1, 0.15) is 30.4 Å². The van der Waals surface area contributed by atoms with Gasteiger partial charge in [-0.25, -0.2) is 4.58 Å². The molecule has 29 heavy (non-hydrogen) atoms. The molecule has 2 aliphatic carbocycles. The van der Waals surface area contributed by atoms with E-state index >= 15 is 0 Å². The lowest BCUT2D eigenvalue weighted by Crippen LogP contribution is -2.29. The number of ether oxygens (including phenoxy) is 1. The number of benzene rings is 1. The van der Waals surface area contributed by atoms with Crippen LogP contribution >= 0.6 is 0 Å². The topological polar surface area (TPSA) is 25.4 Å². The number of halogens is 4. The van der Waals surface area contributed by atoms with Gasteiger partial charge in [-0.1, -0.05) is 13.8 Å². The normalized spacial score (nSPS) is 15.1. The molecule has 0 amide bonds. The van der Waals surface area contributed by atoms with E-state index in [-0.39, 0.29) is 5.41 Å². The van der Waals surface area contributed by atoms with Gasteiger partial charge in [0.05, 0.1) is 12.7 Å². The van der Waals surface area contributed by atoms with Gasteiger partial charge in [-0.3, -0.25) is 0 Å². The van der Waals surface area contributed by atoms with E-state index in [1.807, 2.05) is 6.92 Å². The van der Waals surface area contributed by atoms with Gasteiger partial charge in [0.2, 0.25) is 5.36 Å². The number of allylic oxidation sites excluding steroid dienone is 1. The summed E-state index contributed by atoms with van der Waals surface area (Å²) in [6, 6.07) is 8.79. The molecule has 0 saturated heterocycles. The van der Waals surface area contributed by atoms with Crippen LogP contribution in [-0.4, -0.2) is 27.0 Å². The molecule has 0 fully saturated rings. The van der Waals surface area contributed by atoms with Crippen LogP contribution in [0.25, 0.3) is 17.4 Å². The summed E-state index contributed by atoms with van der Waals surface area (Å²) in [4.78, 5) is 0. The van der Waals surface area contributed by atoms with Gasteiger partial charge in [0.15, 0.2) is 0 Å². The van der Waals surface area contributed by atoms with Crippen molar-refractivity contribution < 1.29 is 26.4 Å². The minimum atomic E-state index is -6.00. The summed E-state index contributed by atoms with van der Waals surface area (Å²) in [5.74, 6) is 2.87. The van der Waals surface area contributed by atoms with Crippen LogP contribution in [0.4, 0.5) is 17.3 Å². The predicted molar refractivity (Wildman–Crippen MR) is 109 cm³/mol. The van der Waals surface area contributed by atoms with E-state index in [9.17, 15) is 17.3 Å². The molecule has 3 nitrogen and oxygen atoms in total. The largest absolute Gasteiger partial charge is 0.673 e. The van der Waals surface area contributed by atoms with E-state index in [0.29, 0.717) is 6.61 Å². The third kappa shape index (κ3) is 6.11. The second-order valence-electron chi connectivity index (χ2n) is 7.52. The van der Waals surface area contributed by atoms with Gasteiger partial charge in [0.25, 0.3) is 0 Å². The maximum Gasteiger partial charge on any atom is 0.673 e. The summed E-state index contributed by atoms with van der Waals surface area (Å²) in [5.41, 5.74) is 2.43. The standard InChI is InChI=1S/C21H28NO2.BF4/c1-6-22(7-2)16-10-9-15-11-18-20(24-19(15)12-16)13-17(23-8-3)14-21(18,4)5;2-1(3,4)5/h9-13H,6-8,14H2,1-5H3;/q+1;-1. The minimum Gasteiger partial charge on any atom is -0.498 e. The molecule has 1 heterocycles. The lowest BCUT2D eigenvalue weighted by atomic mass is 9.76. The second-order valence-corrected chi connectivity index (χ2v) is 7.52. The number of hydrogen-bond acceptors (Lipinski definition) is 2. The average Bonchev–Trinajstić information content (AvgIpc) is 2.60. The van der Waals surface area contributed by atoms with Gasteiger partial charge >= 0.3 is 7.25 Å². The zero-order valence-corrected chi connectivity index (χ0v) is 17.6. The Morgan fingerprint density at radius 1 is 1.07 bits per heavy atom. The summed E-state index contributed by atoms with van der Waals surface area (Å²) >= 11 is 0. The molecule has 0 aromatic rings. The Hall–Kier alpha value is -2.25. The van der Waals surface area contributed by atoms with Gasteiger partial charge in [-0.05, 0) is 32.9 Å². The molecule has 3 aliphatic rings. The molecule has 0 aromatic heterocycles. The number of fused-ring (bicyclic) bond motifs is 2. The van der Waals surface area contributed by atoms with Crippen molar-refractivity contribution >= 4 is 13.3 Å². The van der Waals surface area contributed by atoms with Crippen LogP contribution in [-0.2, 0) is 10.2 Å². The van der Waals surface area contributed by atoms with Crippen molar-refractivity contribution in [1.82, 2.24) is 4.58 Å². The van der Waals surface area contributed by atoms with E-state index < -0.39 is 7.25 Å². The quantitative estimate of drug-likeness (QED) is 0.373. The van der Waals surface area contributed by atoms with Crippen molar-refractivity contribution in [1.29, 1.82) is 0 Å². The zero-order valence-electron chi connectivity index (χ0n) is 17.6. The molecule has 0 N–H and O–H groups in total. The molecule has 8 heteroatoms. The summed E-state index contributed by atoms with van der Waals surface area (Å²) < 4.78 is 53.4. The zero-order chi connectivity index (χ0) is 21.8. The lowest BCUT2D eigenvalue weighted by Gasteiger charge is -2.32. The average molecular weight is 413 g/mol. The van der Waals surface area contributed by atoms with Crippen molar-refractivity contribution in [3.8, 4) is 11.3 Å². The molecular weight excluding hydrogens is 385 g/mol. The van der Waals surface area contributed by atoms with Crippen molar-refractivity contribution in [2.75, 3.05) is 19.7 Å². The first-order valence-electron chi connectivity index (χ1n) is 9.85. The van der Waals surface area contributed by atoms with E-state index in [2.05, 4.69) is 62.6 Å². The first-order valence-corrected chi connectivity index (χ1v) is 9.85. The van der Waals surface area contributed by atoms with Crippen LogP contribution in [0, 0.1) is 0 Å². The number of hydrogen-bond donors (Lipinski definition) is 0. The summed E-state index contributed by atoms with van der Waals surface area (Å²) in [6.07, 6.45) is 2.97. The molecule has 0 unspecified atom stereocenters. The van der Waals surface area contributed by atoms with Crippen molar-refractivity contribution in [3.63, 3.8) is 0 Å². The fourth-order valence-electron chi connectivity index (χ4n) is 3.56. The van der Waals surface area contributed by atoms with Crippen LogP contribution in [0.2, 0.25) is 0 Å². The van der Waals surface area contributed by atoms with Gasteiger partial charge in [0, 0.05) is 35.1 Å². The maximum absolute atomic E-state index is 9.75. The number of rotatable bonds is 4. The highest BCUT2D eigenvalue weighted by Crippen LogP contribution is 2.41. The molecule has 160 valence electrons. The smallest absolute Gasteiger partial charge is 0.498 e. The van der Waals surface area contributed by atoms with Crippen LogP contribution in [0.1, 0.15) is 52.4 Å².